The second-order valence-corrected chi connectivity index (χ2v) is 8.32. The molecule has 0 radical (unpaired) electrons. The maximum atomic E-state index is 13.3. The van der Waals surface area contributed by atoms with Gasteiger partial charge in [-0.1, -0.05) is 72.3 Å². The quantitative estimate of drug-likeness (QED) is 0.502. The molecule has 0 aromatic heterocycles. The van der Waals surface area contributed by atoms with Gasteiger partial charge < -0.3 is 4.74 Å². The van der Waals surface area contributed by atoms with Crippen molar-refractivity contribution >= 4 is 23.2 Å². The molecular weight excluding hydrogens is 422 g/mol. The van der Waals surface area contributed by atoms with Crippen LogP contribution in [0, 0.1) is 0 Å². The zero-order valence-electron chi connectivity index (χ0n) is 18.2. The maximum absolute atomic E-state index is 13.3. The van der Waals surface area contributed by atoms with Gasteiger partial charge in [0.2, 0.25) is 0 Å². The molecule has 6 heteroatoms. The molecule has 0 N–H and O–H groups in total. The second-order valence-electron chi connectivity index (χ2n) is 7.92. The number of benzene rings is 3. The van der Waals surface area contributed by atoms with Crippen LogP contribution in [0.3, 0.4) is 0 Å². The van der Waals surface area contributed by atoms with Crippen molar-refractivity contribution in [1.82, 2.24) is 9.91 Å². The lowest BCUT2D eigenvalue weighted by Gasteiger charge is -2.25. The summed E-state index contributed by atoms with van der Waals surface area (Å²) in [5, 5.41) is 6.99. The number of likely N-dealkylation sites (N-methyl/N-ethyl adjacent to an activating group) is 1. The maximum Gasteiger partial charge on any atom is 0.257 e. The van der Waals surface area contributed by atoms with Gasteiger partial charge in [0.25, 0.3) is 5.91 Å². The van der Waals surface area contributed by atoms with E-state index in [9.17, 15) is 4.79 Å². The molecule has 3 aromatic rings. The minimum absolute atomic E-state index is 0.0497. The number of nitrogens with zero attached hydrogens (tertiary/aromatic N) is 3. The molecule has 1 atom stereocenters. The van der Waals surface area contributed by atoms with Gasteiger partial charge in [-0.15, -0.1) is 0 Å². The molecule has 4 rings (SSSR count). The van der Waals surface area contributed by atoms with Crippen molar-refractivity contribution in [3.8, 4) is 5.75 Å². The van der Waals surface area contributed by atoms with Gasteiger partial charge in [-0.2, -0.15) is 5.10 Å². The largest absolute Gasteiger partial charge is 0.497 e. The van der Waals surface area contributed by atoms with Crippen LogP contribution in [0.25, 0.3) is 0 Å². The molecule has 3 aromatic carbocycles. The van der Waals surface area contributed by atoms with Crippen LogP contribution < -0.4 is 4.74 Å². The lowest BCUT2D eigenvalue weighted by Crippen LogP contribution is -2.36. The summed E-state index contributed by atoms with van der Waals surface area (Å²) < 4.78 is 5.29. The molecule has 0 saturated carbocycles. The summed E-state index contributed by atoms with van der Waals surface area (Å²) in [5.41, 5.74) is 3.85. The Labute approximate surface area is 193 Å². The fourth-order valence-corrected chi connectivity index (χ4v) is 4.18. The van der Waals surface area contributed by atoms with Gasteiger partial charge in [-0.05, 0) is 36.4 Å². The third-order valence-electron chi connectivity index (χ3n) is 5.55. The summed E-state index contributed by atoms with van der Waals surface area (Å²) in [5.74, 6) is 0.728. The fraction of sp³-hybridized carbons (Fsp3) is 0.231. The molecule has 0 saturated heterocycles. The van der Waals surface area contributed by atoms with E-state index in [0.29, 0.717) is 18.0 Å². The number of hydrogen-bond donors (Lipinski definition) is 0. The average Bonchev–Trinajstić information content (AvgIpc) is 3.25. The Balaban J connectivity index is 1.58. The highest BCUT2D eigenvalue weighted by atomic mass is 35.5. The molecule has 0 fully saturated rings. The molecule has 0 spiro atoms. The van der Waals surface area contributed by atoms with Crippen LogP contribution in [0.5, 0.6) is 5.75 Å². The van der Waals surface area contributed by atoms with Gasteiger partial charge in [0, 0.05) is 23.6 Å². The van der Waals surface area contributed by atoms with E-state index >= 15 is 0 Å². The van der Waals surface area contributed by atoms with Crippen LogP contribution in [-0.2, 0) is 11.3 Å². The minimum atomic E-state index is -0.190. The van der Waals surface area contributed by atoms with Crippen molar-refractivity contribution in [2.75, 3.05) is 20.7 Å². The Morgan fingerprint density at radius 1 is 1.06 bits per heavy atom. The molecule has 32 heavy (non-hydrogen) atoms. The highest BCUT2D eigenvalue weighted by Crippen LogP contribution is 2.35. The molecule has 1 unspecified atom stereocenters. The molecule has 1 amide bonds. The predicted octanol–water partition coefficient (Wildman–Crippen LogP) is 5.16. The number of hydrogen-bond acceptors (Lipinski definition) is 4. The average molecular weight is 448 g/mol. The Hall–Kier alpha value is -3.15. The van der Waals surface area contributed by atoms with E-state index in [-0.39, 0.29) is 18.5 Å². The zero-order chi connectivity index (χ0) is 22.5. The Morgan fingerprint density at radius 2 is 1.75 bits per heavy atom. The number of rotatable bonds is 7. The highest BCUT2D eigenvalue weighted by Gasteiger charge is 2.34. The van der Waals surface area contributed by atoms with Crippen molar-refractivity contribution < 1.29 is 9.53 Å². The highest BCUT2D eigenvalue weighted by molar-refractivity contribution is 6.34. The smallest absolute Gasteiger partial charge is 0.257 e. The lowest BCUT2D eigenvalue weighted by atomic mass is 9.98. The van der Waals surface area contributed by atoms with Gasteiger partial charge in [0.05, 0.1) is 25.4 Å². The van der Waals surface area contributed by atoms with Crippen LogP contribution >= 0.6 is 11.6 Å². The van der Waals surface area contributed by atoms with Crippen LogP contribution in [0.2, 0.25) is 5.02 Å². The van der Waals surface area contributed by atoms with Gasteiger partial charge in [-0.25, -0.2) is 5.01 Å². The van der Waals surface area contributed by atoms with Gasteiger partial charge in [0.1, 0.15) is 5.75 Å². The Morgan fingerprint density at radius 3 is 2.44 bits per heavy atom. The van der Waals surface area contributed by atoms with Crippen LogP contribution in [0.4, 0.5) is 0 Å². The van der Waals surface area contributed by atoms with E-state index in [1.165, 1.54) is 0 Å². The molecule has 0 aliphatic carbocycles. The van der Waals surface area contributed by atoms with E-state index in [4.69, 9.17) is 21.4 Å². The third-order valence-corrected chi connectivity index (χ3v) is 5.88. The summed E-state index contributed by atoms with van der Waals surface area (Å²) in [6.07, 6.45) is 0.601. The van der Waals surface area contributed by atoms with Crippen molar-refractivity contribution in [2.45, 2.75) is 19.0 Å². The van der Waals surface area contributed by atoms with Crippen LogP contribution in [-0.4, -0.2) is 42.2 Å². The van der Waals surface area contributed by atoms with Crippen molar-refractivity contribution in [3.63, 3.8) is 0 Å². The molecule has 5 nitrogen and oxygen atoms in total. The SMILES string of the molecule is COc1ccc(C2CC(c3ccccc3Cl)=NN2C(=O)CN(C)Cc2ccccc2)cc1. The fourth-order valence-electron chi connectivity index (χ4n) is 3.94. The summed E-state index contributed by atoms with van der Waals surface area (Å²) in [7, 11) is 3.59. The number of carbonyl (C=O) groups excluding carboxylic acids is 1. The normalized spacial score (nSPS) is 15.7. The summed E-state index contributed by atoms with van der Waals surface area (Å²) in [6.45, 7) is 0.954. The first-order valence-corrected chi connectivity index (χ1v) is 10.9. The predicted molar refractivity (Wildman–Crippen MR) is 128 cm³/mol. The number of methoxy groups -OCH3 is 1. The summed E-state index contributed by atoms with van der Waals surface area (Å²) in [6, 6.07) is 25.3. The van der Waals surface area contributed by atoms with E-state index in [1.807, 2.05) is 78.7 Å². The monoisotopic (exact) mass is 447 g/mol. The van der Waals surface area contributed by atoms with Gasteiger partial charge in [-0.3, -0.25) is 9.69 Å². The lowest BCUT2D eigenvalue weighted by molar-refractivity contribution is -0.134. The Bertz CT molecular complexity index is 1100. The number of amides is 1. The molecule has 1 aliphatic rings. The van der Waals surface area contributed by atoms with Crippen LogP contribution in [0.15, 0.2) is 84.0 Å². The van der Waals surface area contributed by atoms with Crippen LogP contribution in [0.1, 0.15) is 29.2 Å². The van der Waals surface area contributed by atoms with Crippen molar-refractivity contribution in [1.29, 1.82) is 0 Å². The number of carbonyl (C=O) groups is 1. The van der Waals surface area contributed by atoms with Gasteiger partial charge in [0.15, 0.2) is 0 Å². The van der Waals surface area contributed by atoms with Gasteiger partial charge >= 0.3 is 0 Å². The number of halogens is 1. The summed E-state index contributed by atoms with van der Waals surface area (Å²) >= 11 is 6.43. The van der Waals surface area contributed by atoms with E-state index in [2.05, 4.69) is 12.1 Å². The second kappa shape index (κ2) is 9.98. The Kier molecular flexibility index (Phi) is 6.88. The van der Waals surface area contributed by atoms with E-state index in [0.717, 1.165) is 28.2 Å². The third kappa shape index (κ3) is 5.01. The van der Waals surface area contributed by atoms with Crippen molar-refractivity contribution in [2.24, 2.45) is 5.10 Å². The molecule has 0 bridgehead atoms. The van der Waals surface area contributed by atoms with E-state index in [1.54, 1.807) is 12.1 Å². The standard InChI is InChI=1S/C26H26ClN3O2/c1-29(17-19-8-4-3-5-9-19)18-26(31)30-25(20-12-14-21(32-2)15-13-20)16-24(28-30)22-10-6-7-11-23(22)27/h3-15,25H,16-18H2,1-2H3. The van der Waals surface area contributed by atoms with E-state index < -0.39 is 0 Å². The first-order chi connectivity index (χ1) is 15.5. The zero-order valence-corrected chi connectivity index (χ0v) is 19.0. The molecule has 1 heterocycles. The molecular formula is C26H26ClN3O2. The minimum Gasteiger partial charge on any atom is -0.497 e. The topological polar surface area (TPSA) is 45.1 Å². The molecule has 1 aliphatic heterocycles. The number of hydrazone groups is 1. The first kappa shape index (κ1) is 22.1. The van der Waals surface area contributed by atoms with Crippen molar-refractivity contribution in [3.05, 3.63) is 101 Å². The summed E-state index contributed by atoms with van der Waals surface area (Å²) in [4.78, 5) is 15.3. The molecule has 164 valence electrons. The number of ether oxygens (including phenoxy) is 1. The first-order valence-electron chi connectivity index (χ1n) is 10.6.